The number of guanidine groups is 1. The van der Waals surface area contributed by atoms with E-state index in [1.165, 1.54) is 0 Å². The lowest BCUT2D eigenvalue weighted by atomic mass is 10.0. The van der Waals surface area contributed by atoms with Gasteiger partial charge in [-0.2, -0.15) is 0 Å². The maximum absolute atomic E-state index is 5.45. The van der Waals surface area contributed by atoms with Crippen molar-refractivity contribution in [1.82, 2.24) is 20.5 Å². The Morgan fingerprint density at radius 2 is 2.04 bits per heavy atom. The van der Waals surface area contributed by atoms with Crippen LogP contribution in [-0.2, 0) is 11.3 Å². The molecular formula is C18H32IN5O2. The minimum absolute atomic E-state index is 0. The van der Waals surface area contributed by atoms with E-state index >= 15 is 0 Å². The van der Waals surface area contributed by atoms with Gasteiger partial charge in [-0.25, -0.2) is 9.98 Å². The van der Waals surface area contributed by atoms with E-state index in [4.69, 9.17) is 9.47 Å². The van der Waals surface area contributed by atoms with Crippen LogP contribution >= 0.6 is 24.0 Å². The Balaban J connectivity index is 0.00000338. The van der Waals surface area contributed by atoms with E-state index in [2.05, 4.69) is 46.3 Å². The second kappa shape index (κ2) is 11.6. The van der Waals surface area contributed by atoms with Gasteiger partial charge in [-0.1, -0.05) is 6.07 Å². The number of nitrogens with zero attached hydrogens (tertiary/aromatic N) is 3. The predicted molar refractivity (Wildman–Crippen MR) is 115 cm³/mol. The molecule has 0 atom stereocenters. The standard InChI is InChI=1S/C18H31N5O2.HI/c1-5-19-17(21-13-15-6-7-16(24-4)20-12-15)22-14-18(2,3)23-8-10-25-11-9-23;/h6-7,12H,5,8-11,13-14H2,1-4H3,(H2,19,21,22);1H. The van der Waals surface area contributed by atoms with Gasteiger partial charge in [-0.05, 0) is 26.3 Å². The number of halogens is 1. The third kappa shape index (κ3) is 7.24. The van der Waals surface area contributed by atoms with Crippen molar-refractivity contribution in [2.75, 3.05) is 46.5 Å². The minimum Gasteiger partial charge on any atom is -0.481 e. The lowest BCUT2D eigenvalue weighted by molar-refractivity contribution is -0.00834. The number of pyridine rings is 1. The van der Waals surface area contributed by atoms with Crippen molar-refractivity contribution in [3.63, 3.8) is 0 Å². The van der Waals surface area contributed by atoms with Crippen molar-refractivity contribution in [1.29, 1.82) is 0 Å². The number of hydrogen-bond donors (Lipinski definition) is 2. The van der Waals surface area contributed by atoms with E-state index in [9.17, 15) is 0 Å². The molecule has 2 rings (SSSR count). The average molecular weight is 477 g/mol. The van der Waals surface area contributed by atoms with Gasteiger partial charge in [0.05, 0.1) is 26.9 Å². The van der Waals surface area contributed by atoms with Crippen molar-refractivity contribution in [2.45, 2.75) is 32.9 Å². The molecule has 2 N–H and O–H groups in total. The first-order chi connectivity index (χ1) is 12.0. The van der Waals surface area contributed by atoms with Crippen molar-refractivity contribution in [2.24, 2.45) is 4.99 Å². The number of aromatic nitrogens is 1. The molecule has 0 spiro atoms. The van der Waals surface area contributed by atoms with E-state index in [-0.39, 0.29) is 29.5 Å². The topological polar surface area (TPSA) is 71.0 Å². The molecule has 0 unspecified atom stereocenters. The molecule has 0 radical (unpaired) electrons. The summed E-state index contributed by atoms with van der Waals surface area (Å²) in [7, 11) is 1.61. The van der Waals surface area contributed by atoms with Gasteiger partial charge in [0, 0.05) is 44.0 Å². The second-order valence-electron chi connectivity index (χ2n) is 6.67. The fourth-order valence-electron chi connectivity index (χ4n) is 2.72. The van der Waals surface area contributed by atoms with E-state index in [0.717, 1.165) is 50.9 Å². The Hall–Kier alpha value is -1.13. The Bertz CT molecular complexity index is 545. The lowest BCUT2D eigenvalue weighted by Gasteiger charge is -2.41. The van der Waals surface area contributed by atoms with Crippen LogP contribution in [0.1, 0.15) is 26.3 Å². The molecule has 1 fully saturated rings. The van der Waals surface area contributed by atoms with E-state index in [1.54, 1.807) is 13.3 Å². The van der Waals surface area contributed by atoms with Crippen molar-refractivity contribution >= 4 is 29.9 Å². The van der Waals surface area contributed by atoms with Gasteiger partial charge in [0.2, 0.25) is 5.88 Å². The van der Waals surface area contributed by atoms with Crippen LogP contribution < -0.4 is 15.4 Å². The highest BCUT2D eigenvalue weighted by atomic mass is 127. The normalized spacial score (nSPS) is 15.9. The van der Waals surface area contributed by atoms with Gasteiger partial charge >= 0.3 is 0 Å². The second-order valence-corrected chi connectivity index (χ2v) is 6.67. The number of morpholine rings is 1. The van der Waals surface area contributed by atoms with Gasteiger partial charge in [0.1, 0.15) is 0 Å². The zero-order valence-corrected chi connectivity index (χ0v) is 18.6. The maximum Gasteiger partial charge on any atom is 0.212 e. The molecule has 7 nitrogen and oxygen atoms in total. The summed E-state index contributed by atoms with van der Waals surface area (Å²) in [6, 6.07) is 3.84. The fourth-order valence-corrected chi connectivity index (χ4v) is 2.72. The summed E-state index contributed by atoms with van der Waals surface area (Å²) in [4.78, 5) is 11.3. The Morgan fingerprint density at radius 3 is 2.62 bits per heavy atom. The Labute approximate surface area is 174 Å². The first-order valence-electron chi connectivity index (χ1n) is 8.89. The molecule has 0 aromatic carbocycles. The highest BCUT2D eigenvalue weighted by molar-refractivity contribution is 14.0. The van der Waals surface area contributed by atoms with Crippen LogP contribution in [0.3, 0.4) is 0 Å². The van der Waals surface area contributed by atoms with Crippen LogP contribution in [-0.4, -0.2) is 67.9 Å². The molecule has 8 heteroatoms. The summed E-state index contributed by atoms with van der Waals surface area (Å²) in [6.07, 6.45) is 1.80. The molecule has 1 saturated heterocycles. The largest absolute Gasteiger partial charge is 0.481 e. The molecule has 0 amide bonds. The zero-order chi connectivity index (χ0) is 18.1. The molecule has 0 aliphatic carbocycles. The molecule has 2 heterocycles. The number of ether oxygens (including phenoxy) is 2. The highest BCUT2D eigenvalue weighted by Gasteiger charge is 2.28. The van der Waals surface area contributed by atoms with Crippen LogP contribution in [0.15, 0.2) is 23.3 Å². The third-order valence-electron chi connectivity index (χ3n) is 4.33. The van der Waals surface area contributed by atoms with Gasteiger partial charge in [-0.15, -0.1) is 24.0 Å². The molecule has 1 aromatic heterocycles. The van der Waals surface area contributed by atoms with Crippen LogP contribution in [0.5, 0.6) is 5.88 Å². The smallest absolute Gasteiger partial charge is 0.212 e. The fraction of sp³-hybridized carbons (Fsp3) is 0.667. The van der Waals surface area contributed by atoms with Crippen LogP contribution in [0.2, 0.25) is 0 Å². The number of nitrogens with one attached hydrogen (secondary N) is 2. The predicted octanol–water partition coefficient (Wildman–Crippen LogP) is 1.87. The Morgan fingerprint density at radius 1 is 1.31 bits per heavy atom. The van der Waals surface area contributed by atoms with Gasteiger partial charge in [0.15, 0.2) is 5.96 Å². The Kier molecular flexibility index (Phi) is 10.2. The van der Waals surface area contributed by atoms with E-state index in [1.807, 2.05) is 12.1 Å². The third-order valence-corrected chi connectivity index (χ3v) is 4.33. The molecular weight excluding hydrogens is 445 g/mol. The average Bonchev–Trinajstić information content (AvgIpc) is 2.65. The van der Waals surface area contributed by atoms with Crippen molar-refractivity contribution in [3.8, 4) is 5.88 Å². The van der Waals surface area contributed by atoms with Gasteiger partial charge in [-0.3, -0.25) is 4.90 Å². The van der Waals surface area contributed by atoms with E-state index < -0.39 is 0 Å². The number of aliphatic imine (C=N–C) groups is 1. The van der Waals surface area contributed by atoms with Gasteiger partial charge in [0.25, 0.3) is 0 Å². The monoisotopic (exact) mass is 477 g/mol. The first kappa shape index (κ1) is 22.9. The zero-order valence-electron chi connectivity index (χ0n) is 16.2. The number of hydrogen-bond acceptors (Lipinski definition) is 5. The summed E-state index contributed by atoms with van der Waals surface area (Å²) in [5, 5.41) is 6.76. The number of methoxy groups -OCH3 is 1. The highest BCUT2D eigenvalue weighted by Crippen LogP contribution is 2.15. The summed E-state index contributed by atoms with van der Waals surface area (Å²) in [5.41, 5.74) is 1.09. The van der Waals surface area contributed by atoms with Crippen LogP contribution in [0, 0.1) is 0 Å². The SMILES string of the molecule is CCNC(=NCc1ccc(OC)nc1)NCC(C)(C)N1CCOCC1.I. The first-order valence-corrected chi connectivity index (χ1v) is 8.89. The quantitative estimate of drug-likeness (QED) is 0.355. The maximum atomic E-state index is 5.45. The minimum atomic E-state index is 0. The summed E-state index contributed by atoms with van der Waals surface area (Å²) in [5.74, 6) is 1.43. The van der Waals surface area contributed by atoms with E-state index in [0.29, 0.717) is 12.4 Å². The molecule has 1 aromatic rings. The number of rotatable bonds is 7. The van der Waals surface area contributed by atoms with Crippen molar-refractivity contribution in [3.05, 3.63) is 23.9 Å². The summed E-state index contributed by atoms with van der Waals surface area (Å²) >= 11 is 0. The molecule has 148 valence electrons. The molecule has 26 heavy (non-hydrogen) atoms. The van der Waals surface area contributed by atoms with Crippen molar-refractivity contribution < 1.29 is 9.47 Å². The van der Waals surface area contributed by atoms with Gasteiger partial charge < -0.3 is 20.1 Å². The molecule has 1 aliphatic rings. The molecule has 0 saturated carbocycles. The van der Waals surface area contributed by atoms with Crippen LogP contribution in [0.25, 0.3) is 0 Å². The molecule has 1 aliphatic heterocycles. The lowest BCUT2D eigenvalue weighted by Crippen LogP contribution is -2.56. The molecule has 0 bridgehead atoms. The summed E-state index contributed by atoms with van der Waals surface area (Å²) in [6.45, 7) is 12.3. The summed E-state index contributed by atoms with van der Waals surface area (Å²) < 4.78 is 10.5. The van der Waals surface area contributed by atoms with Crippen LogP contribution in [0.4, 0.5) is 0 Å².